The number of nitrogens with two attached hydrogens (primary N) is 1. The molecule has 0 saturated heterocycles. The number of ether oxygens (including phenoxy) is 2. The predicted octanol–water partition coefficient (Wildman–Crippen LogP) is 9.36. The lowest BCUT2D eigenvalue weighted by Gasteiger charge is -2.16. The third-order valence-corrected chi connectivity index (χ3v) is 7.12. The van der Waals surface area contributed by atoms with Crippen molar-refractivity contribution in [1.82, 2.24) is 0 Å². The van der Waals surface area contributed by atoms with Crippen LogP contribution < -0.4 is 5.73 Å². The summed E-state index contributed by atoms with van der Waals surface area (Å²) >= 11 is 0. The molecule has 224 valence electrons. The lowest BCUT2D eigenvalue weighted by molar-refractivity contribution is -0.158. The van der Waals surface area contributed by atoms with Crippen LogP contribution in [0.25, 0.3) is 0 Å². The van der Waals surface area contributed by atoms with Gasteiger partial charge in [-0.2, -0.15) is 0 Å². The van der Waals surface area contributed by atoms with Crippen molar-refractivity contribution in [2.45, 2.75) is 174 Å². The van der Waals surface area contributed by atoms with Crippen molar-refractivity contribution in [3.63, 3.8) is 0 Å². The van der Waals surface area contributed by atoms with Gasteiger partial charge in [0.25, 0.3) is 0 Å². The summed E-state index contributed by atoms with van der Waals surface area (Å²) in [5.41, 5.74) is 5.71. The third kappa shape index (κ3) is 27.7. The quantitative estimate of drug-likeness (QED) is 0.0584. The number of hydrogen-bond acceptors (Lipinski definition) is 5. The van der Waals surface area contributed by atoms with Crippen LogP contribution in [-0.2, 0) is 19.1 Å². The van der Waals surface area contributed by atoms with Crippen molar-refractivity contribution >= 4 is 11.9 Å². The first-order valence-electron chi connectivity index (χ1n) is 16.3. The number of hydrogen-bond donors (Lipinski definition) is 1. The van der Waals surface area contributed by atoms with Crippen LogP contribution in [0.1, 0.15) is 168 Å². The van der Waals surface area contributed by atoms with Crippen LogP contribution in [0.5, 0.6) is 0 Å². The van der Waals surface area contributed by atoms with E-state index in [1.807, 2.05) is 0 Å². The third-order valence-electron chi connectivity index (χ3n) is 7.12. The van der Waals surface area contributed by atoms with E-state index in [9.17, 15) is 9.59 Å². The summed E-state index contributed by atoms with van der Waals surface area (Å²) in [6.07, 6.45) is 31.9. The van der Waals surface area contributed by atoms with Crippen molar-refractivity contribution in [3.05, 3.63) is 12.2 Å². The van der Waals surface area contributed by atoms with Gasteiger partial charge in [0.15, 0.2) is 0 Å². The lowest BCUT2D eigenvalue weighted by Crippen LogP contribution is -2.32. The molecule has 1 unspecified atom stereocenters. The smallest absolute Gasteiger partial charge is 0.306 e. The Morgan fingerprint density at radius 1 is 0.579 bits per heavy atom. The molecule has 0 spiro atoms. The monoisotopic (exact) mass is 537 g/mol. The van der Waals surface area contributed by atoms with Crippen LogP contribution in [0.2, 0.25) is 0 Å². The van der Waals surface area contributed by atoms with E-state index >= 15 is 0 Å². The van der Waals surface area contributed by atoms with E-state index in [0.29, 0.717) is 12.8 Å². The first-order chi connectivity index (χ1) is 18.6. The molecule has 0 bridgehead atoms. The van der Waals surface area contributed by atoms with Crippen LogP contribution in [0.3, 0.4) is 0 Å². The SMILES string of the molecule is CCCCCCCC/C=C\CCCCCCCC(=O)OCC(CN)OC(=O)CCCCCCCCCCC. The largest absolute Gasteiger partial charge is 0.462 e. The normalized spacial score (nSPS) is 12.2. The van der Waals surface area contributed by atoms with Gasteiger partial charge < -0.3 is 15.2 Å². The van der Waals surface area contributed by atoms with Gasteiger partial charge in [-0.05, 0) is 38.5 Å². The van der Waals surface area contributed by atoms with Crippen molar-refractivity contribution in [2.75, 3.05) is 13.2 Å². The molecule has 0 aliphatic rings. The highest BCUT2D eigenvalue weighted by Gasteiger charge is 2.15. The minimum Gasteiger partial charge on any atom is -0.462 e. The molecule has 38 heavy (non-hydrogen) atoms. The Morgan fingerprint density at radius 3 is 1.42 bits per heavy atom. The van der Waals surface area contributed by atoms with Gasteiger partial charge in [-0.15, -0.1) is 0 Å². The molecule has 0 saturated carbocycles. The summed E-state index contributed by atoms with van der Waals surface area (Å²) in [5, 5.41) is 0. The van der Waals surface area contributed by atoms with Crippen molar-refractivity contribution in [3.8, 4) is 0 Å². The summed E-state index contributed by atoms with van der Waals surface area (Å²) in [5.74, 6) is -0.465. The second-order valence-corrected chi connectivity index (χ2v) is 10.9. The molecule has 1 atom stereocenters. The lowest BCUT2D eigenvalue weighted by atomic mass is 10.1. The Kier molecular flexibility index (Phi) is 29.1. The maximum Gasteiger partial charge on any atom is 0.306 e. The maximum atomic E-state index is 12.1. The Hall–Kier alpha value is -1.36. The fraction of sp³-hybridized carbons (Fsp3) is 0.879. The highest BCUT2D eigenvalue weighted by molar-refractivity contribution is 5.70. The van der Waals surface area contributed by atoms with Crippen LogP contribution in [-0.4, -0.2) is 31.2 Å². The topological polar surface area (TPSA) is 78.6 Å². The van der Waals surface area contributed by atoms with E-state index in [1.165, 1.54) is 103 Å². The van der Waals surface area contributed by atoms with Crippen LogP contribution >= 0.6 is 0 Å². The van der Waals surface area contributed by atoms with Crippen LogP contribution in [0, 0.1) is 0 Å². The molecule has 0 aromatic rings. The van der Waals surface area contributed by atoms with Gasteiger partial charge in [0.2, 0.25) is 0 Å². The van der Waals surface area contributed by atoms with Crippen molar-refractivity contribution < 1.29 is 19.1 Å². The molecule has 5 heteroatoms. The zero-order chi connectivity index (χ0) is 27.9. The Labute approximate surface area is 236 Å². The van der Waals surface area contributed by atoms with E-state index in [2.05, 4.69) is 26.0 Å². The molecule has 0 aromatic heterocycles. The van der Waals surface area contributed by atoms with Gasteiger partial charge in [-0.25, -0.2) is 0 Å². The van der Waals surface area contributed by atoms with Crippen molar-refractivity contribution in [2.24, 2.45) is 5.73 Å². The number of carbonyl (C=O) groups is 2. The summed E-state index contributed by atoms with van der Waals surface area (Å²) in [6, 6.07) is 0. The van der Waals surface area contributed by atoms with Crippen molar-refractivity contribution in [1.29, 1.82) is 0 Å². The highest BCUT2D eigenvalue weighted by atomic mass is 16.6. The van der Waals surface area contributed by atoms with E-state index in [-0.39, 0.29) is 25.1 Å². The van der Waals surface area contributed by atoms with Gasteiger partial charge in [0.05, 0.1) is 0 Å². The number of allylic oxidation sites excluding steroid dienone is 2. The van der Waals surface area contributed by atoms with Gasteiger partial charge >= 0.3 is 11.9 Å². The molecule has 0 radical (unpaired) electrons. The summed E-state index contributed by atoms with van der Waals surface area (Å²) in [7, 11) is 0. The molecule has 0 amide bonds. The van der Waals surface area contributed by atoms with E-state index in [1.54, 1.807) is 0 Å². The molecular formula is C33H63NO4. The zero-order valence-electron chi connectivity index (χ0n) is 25.3. The average molecular weight is 538 g/mol. The molecule has 2 N–H and O–H groups in total. The maximum absolute atomic E-state index is 12.1. The molecule has 5 nitrogen and oxygen atoms in total. The minimum atomic E-state index is -0.542. The predicted molar refractivity (Wildman–Crippen MR) is 161 cm³/mol. The van der Waals surface area contributed by atoms with Crippen LogP contribution in [0.4, 0.5) is 0 Å². The minimum absolute atomic E-state index is 0.0594. The van der Waals surface area contributed by atoms with E-state index in [0.717, 1.165) is 38.5 Å². The van der Waals surface area contributed by atoms with Gasteiger partial charge in [-0.3, -0.25) is 9.59 Å². The second kappa shape index (κ2) is 30.2. The first kappa shape index (κ1) is 36.6. The Bertz CT molecular complexity index is 549. The van der Waals surface area contributed by atoms with E-state index < -0.39 is 6.10 Å². The van der Waals surface area contributed by atoms with Gasteiger partial charge in [0, 0.05) is 19.4 Å². The van der Waals surface area contributed by atoms with Gasteiger partial charge in [-0.1, -0.05) is 129 Å². The Balaban J connectivity index is 3.57. The number of rotatable bonds is 29. The fourth-order valence-electron chi connectivity index (χ4n) is 4.57. The number of unbranched alkanes of at least 4 members (excludes halogenated alkanes) is 19. The molecule has 0 aliphatic heterocycles. The summed E-state index contributed by atoms with van der Waals surface area (Å²) < 4.78 is 10.7. The standard InChI is InChI=1S/C33H63NO4/c1-3-5-7-9-11-13-14-15-16-17-18-20-21-23-25-27-32(35)37-30-31(29-34)38-33(36)28-26-24-22-19-12-10-8-6-4-2/h15-16,31H,3-14,17-30,34H2,1-2H3/b16-15-. The summed E-state index contributed by atoms with van der Waals surface area (Å²) in [4.78, 5) is 24.1. The second-order valence-electron chi connectivity index (χ2n) is 10.9. The molecular weight excluding hydrogens is 474 g/mol. The van der Waals surface area contributed by atoms with Gasteiger partial charge in [0.1, 0.15) is 12.7 Å². The zero-order valence-corrected chi connectivity index (χ0v) is 25.3. The molecule has 0 rings (SSSR count). The number of carbonyl (C=O) groups excluding carboxylic acids is 2. The fourth-order valence-corrected chi connectivity index (χ4v) is 4.57. The first-order valence-corrected chi connectivity index (χ1v) is 16.3. The Morgan fingerprint density at radius 2 is 0.974 bits per heavy atom. The van der Waals surface area contributed by atoms with Crippen LogP contribution in [0.15, 0.2) is 12.2 Å². The molecule has 0 aliphatic carbocycles. The average Bonchev–Trinajstić information content (AvgIpc) is 2.92. The molecule has 0 fully saturated rings. The van der Waals surface area contributed by atoms with E-state index in [4.69, 9.17) is 15.2 Å². The summed E-state index contributed by atoms with van der Waals surface area (Å²) in [6.45, 7) is 4.73. The molecule has 0 heterocycles. The molecule has 0 aromatic carbocycles. The number of esters is 2. The highest BCUT2D eigenvalue weighted by Crippen LogP contribution is 2.12.